The van der Waals surface area contributed by atoms with Crippen LogP contribution in [-0.2, 0) is 9.59 Å². The van der Waals surface area contributed by atoms with Crippen molar-refractivity contribution in [1.82, 2.24) is 9.80 Å². The minimum atomic E-state index is -0.410. The summed E-state index contributed by atoms with van der Waals surface area (Å²) < 4.78 is 0. The molecule has 0 aromatic rings. The Morgan fingerprint density at radius 3 is 2.86 bits per heavy atom. The van der Waals surface area contributed by atoms with Crippen molar-refractivity contribution in [1.29, 1.82) is 5.26 Å². The van der Waals surface area contributed by atoms with Gasteiger partial charge in [-0.25, -0.2) is 0 Å². The summed E-state index contributed by atoms with van der Waals surface area (Å²) in [6.45, 7) is 4.49. The quantitative estimate of drug-likeness (QED) is 0.798. The number of amides is 2. The van der Waals surface area contributed by atoms with Gasteiger partial charge in [0, 0.05) is 39.0 Å². The highest BCUT2D eigenvalue weighted by molar-refractivity contribution is 5.79. The Labute approximate surface area is 126 Å². The number of carbonyl (C=O) groups excluding carboxylic acids is 2. The first-order valence-corrected chi connectivity index (χ1v) is 8.01. The Kier molecular flexibility index (Phi) is 5.22. The maximum absolute atomic E-state index is 12.3. The molecule has 2 amide bonds. The summed E-state index contributed by atoms with van der Waals surface area (Å²) in [5, 5.41) is 9.21. The van der Waals surface area contributed by atoms with E-state index in [1.807, 2.05) is 11.8 Å². The number of carbonyl (C=O) groups is 2. The Bertz CT molecular complexity index is 443. The second-order valence-corrected chi connectivity index (χ2v) is 6.53. The zero-order valence-corrected chi connectivity index (χ0v) is 12.9. The number of nitrogens with zero attached hydrogens (tertiary/aromatic N) is 3. The molecule has 0 aromatic heterocycles. The first-order valence-electron chi connectivity index (χ1n) is 8.01. The molecule has 0 aromatic carbocycles. The standard InChI is InChI=1S/C16H25N3O2/c1-16(12-17)8-5-10-19(13-16)15(21)7-11-18-9-4-2-3-6-14(18)20/h2-11,13H2,1H3. The van der Waals surface area contributed by atoms with Crippen LogP contribution in [0.5, 0.6) is 0 Å². The fourth-order valence-corrected chi connectivity index (χ4v) is 3.21. The summed E-state index contributed by atoms with van der Waals surface area (Å²) in [5.74, 6) is 0.258. The van der Waals surface area contributed by atoms with Gasteiger partial charge in [0.2, 0.25) is 11.8 Å². The van der Waals surface area contributed by atoms with Gasteiger partial charge in [-0.2, -0.15) is 5.26 Å². The van der Waals surface area contributed by atoms with Crippen molar-refractivity contribution in [3.8, 4) is 6.07 Å². The molecule has 2 aliphatic rings. The highest BCUT2D eigenvalue weighted by Gasteiger charge is 2.33. The first-order chi connectivity index (χ1) is 10.0. The van der Waals surface area contributed by atoms with Crippen LogP contribution in [-0.4, -0.2) is 47.8 Å². The van der Waals surface area contributed by atoms with Gasteiger partial charge in [-0.15, -0.1) is 0 Å². The zero-order valence-electron chi connectivity index (χ0n) is 12.9. The molecule has 0 spiro atoms. The third-order valence-corrected chi connectivity index (χ3v) is 4.59. The molecule has 116 valence electrons. The lowest BCUT2D eigenvalue weighted by Gasteiger charge is -2.36. The summed E-state index contributed by atoms with van der Waals surface area (Å²) in [5.41, 5.74) is -0.410. The average molecular weight is 291 g/mol. The average Bonchev–Trinajstić information content (AvgIpc) is 2.69. The van der Waals surface area contributed by atoms with E-state index in [9.17, 15) is 14.9 Å². The lowest BCUT2D eigenvalue weighted by molar-refractivity contribution is -0.135. The first kappa shape index (κ1) is 15.8. The monoisotopic (exact) mass is 291 g/mol. The van der Waals surface area contributed by atoms with Crippen molar-refractivity contribution in [2.24, 2.45) is 5.41 Å². The largest absolute Gasteiger partial charge is 0.342 e. The topological polar surface area (TPSA) is 64.4 Å². The molecule has 5 nitrogen and oxygen atoms in total. The van der Waals surface area contributed by atoms with Crippen LogP contribution >= 0.6 is 0 Å². The SMILES string of the molecule is CC1(C#N)CCCN(C(=O)CCN2CCCCCC2=O)C1. The summed E-state index contributed by atoms with van der Waals surface area (Å²) in [7, 11) is 0. The van der Waals surface area contributed by atoms with E-state index in [1.165, 1.54) is 0 Å². The third kappa shape index (κ3) is 4.20. The van der Waals surface area contributed by atoms with Gasteiger partial charge in [0.1, 0.15) is 0 Å². The molecule has 0 radical (unpaired) electrons. The molecule has 1 atom stereocenters. The van der Waals surface area contributed by atoms with Crippen LogP contribution in [0.25, 0.3) is 0 Å². The smallest absolute Gasteiger partial charge is 0.224 e. The summed E-state index contributed by atoms with van der Waals surface area (Å²) in [6, 6.07) is 2.33. The number of piperidine rings is 1. The van der Waals surface area contributed by atoms with Gasteiger partial charge in [0.05, 0.1) is 11.5 Å². The second-order valence-electron chi connectivity index (χ2n) is 6.53. The Morgan fingerprint density at radius 1 is 1.29 bits per heavy atom. The van der Waals surface area contributed by atoms with Gasteiger partial charge in [-0.3, -0.25) is 9.59 Å². The number of rotatable bonds is 3. The van der Waals surface area contributed by atoms with Crippen molar-refractivity contribution >= 4 is 11.8 Å². The number of likely N-dealkylation sites (tertiary alicyclic amines) is 2. The molecule has 21 heavy (non-hydrogen) atoms. The molecule has 0 bridgehead atoms. The van der Waals surface area contributed by atoms with Crippen LogP contribution in [0, 0.1) is 16.7 Å². The van der Waals surface area contributed by atoms with Crippen LogP contribution in [0.3, 0.4) is 0 Å². The van der Waals surface area contributed by atoms with E-state index in [-0.39, 0.29) is 11.8 Å². The summed E-state index contributed by atoms with van der Waals surface area (Å²) >= 11 is 0. The van der Waals surface area contributed by atoms with Gasteiger partial charge in [-0.1, -0.05) is 6.42 Å². The van der Waals surface area contributed by atoms with Crippen LogP contribution in [0.15, 0.2) is 0 Å². The Morgan fingerprint density at radius 2 is 2.10 bits per heavy atom. The van der Waals surface area contributed by atoms with Crippen molar-refractivity contribution in [3.63, 3.8) is 0 Å². The predicted molar refractivity (Wildman–Crippen MR) is 79.2 cm³/mol. The highest BCUT2D eigenvalue weighted by Crippen LogP contribution is 2.28. The molecule has 2 heterocycles. The minimum Gasteiger partial charge on any atom is -0.342 e. The molecule has 0 aliphatic carbocycles. The molecule has 2 aliphatic heterocycles. The molecule has 5 heteroatoms. The van der Waals surface area contributed by atoms with E-state index in [0.717, 1.165) is 45.2 Å². The van der Waals surface area contributed by atoms with Gasteiger partial charge >= 0.3 is 0 Å². The number of hydrogen-bond donors (Lipinski definition) is 0. The maximum atomic E-state index is 12.3. The van der Waals surface area contributed by atoms with Crippen molar-refractivity contribution in [2.45, 2.75) is 51.9 Å². The minimum absolute atomic E-state index is 0.0771. The van der Waals surface area contributed by atoms with E-state index in [2.05, 4.69) is 6.07 Å². The lowest BCUT2D eigenvalue weighted by Crippen LogP contribution is -2.45. The molecule has 0 saturated carbocycles. The van der Waals surface area contributed by atoms with Crippen molar-refractivity contribution in [3.05, 3.63) is 0 Å². The molecule has 0 N–H and O–H groups in total. The lowest BCUT2D eigenvalue weighted by atomic mass is 9.83. The van der Waals surface area contributed by atoms with Crippen molar-refractivity contribution < 1.29 is 9.59 Å². The van der Waals surface area contributed by atoms with E-state index < -0.39 is 5.41 Å². The zero-order chi connectivity index (χ0) is 15.3. The summed E-state index contributed by atoms with van der Waals surface area (Å²) in [4.78, 5) is 27.9. The normalized spacial score (nSPS) is 27.1. The molecule has 2 fully saturated rings. The molecule has 2 saturated heterocycles. The second kappa shape index (κ2) is 6.93. The van der Waals surface area contributed by atoms with E-state index in [4.69, 9.17) is 0 Å². The van der Waals surface area contributed by atoms with Gasteiger partial charge in [0.25, 0.3) is 0 Å². The summed E-state index contributed by atoms with van der Waals surface area (Å²) in [6.07, 6.45) is 5.85. The predicted octanol–water partition coefficient (Wildman–Crippen LogP) is 1.93. The van der Waals surface area contributed by atoms with Crippen LogP contribution in [0.1, 0.15) is 51.9 Å². The van der Waals surface area contributed by atoms with Crippen LogP contribution < -0.4 is 0 Å². The number of hydrogen-bond acceptors (Lipinski definition) is 3. The van der Waals surface area contributed by atoms with E-state index in [1.54, 1.807) is 4.90 Å². The van der Waals surface area contributed by atoms with E-state index >= 15 is 0 Å². The third-order valence-electron chi connectivity index (χ3n) is 4.59. The molecule has 2 rings (SSSR count). The van der Waals surface area contributed by atoms with Crippen molar-refractivity contribution in [2.75, 3.05) is 26.2 Å². The fourth-order valence-electron chi connectivity index (χ4n) is 3.21. The number of nitriles is 1. The van der Waals surface area contributed by atoms with E-state index in [0.29, 0.717) is 25.9 Å². The molecule has 1 unspecified atom stereocenters. The maximum Gasteiger partial charge on any atom is 0.224 e. The van der Waals surface area contributed by atoms with Gasteiger partial charge in [-0.05, 0) is 32.6 Å². The highest BCUT2D eigenvalue weighted by atomic mass is 16.2. The molecular formula is C16H25N3O2. The van der Waals surface area contributed by atoms with Crippen LogP contribution in [0.4, 0.5) is 0 Å². The van der Waals surface area contributed by atoms with Gasteiger partial charge in [0.15, 0.2) is 0 Å². The fraction of sp³-hybridized carbons (Fsp3) is 0.812. The Balaban J connectivity index is 1.84. The van der Waals surface area contributed by atoms with Crippen LogP contribution in [0.2, 0.25) is 0 Å². The Hall–Kier alpha value is -1.57. The van der Waals surface area contributed by atoms with Gasteiger partial charge < -0.3 is 9.80 Å². The molecular weight excluding hydrogens is 266 g/mol.